The molecular weight excluding hydrogens is 624 g/mol. The molecule has 1 saturated heterocycles. The van der Waals surface area contributed by atoms with Gasteiger partial charge < -0.3 is 31.1 Å². The first-order valence-electron chi connectivity index (χ1n) is 17.4. The molecule has 0 aromatic heterocycles. The van der Waals surface area contributed by atoms with Gasteiger partial charge in [0.25, 0.3) is 5.91 Å². The standard InChI is InChI=1S/C37H50N6O6/c1-25(2)22-30-36(48)39-26(3)34(46)38-18-7-8-19-43(33(45)17-21-42-20-9-12-32(42)44)24-28-13-15-29(16-14-28)35(47)40-31(37(49)41-30)23-27-10-5-4-6-11-27/h4-6,10-11,13-16,25-26,30-31H,7-9,12,17-24H2,1-3H3,(H,38,46)(H,39,48)(H,40,47)(H,41,49)/t26-,30+,31-/m1/s1. The summed E-state index contributed by atoms with van der Waals surface area (Å²) >= 11 is 0. The zero-order valence-corrected chi connectivity index (χ0v) is 28.8. The van der Waals surface area contributed by atoms with Crippen LogP contribution in [0.5, 0.6) is 0 Å². The van der Waals surface area contributed by atoms with Crippen LogP contribution < -0.4 is 21.3 Å². The Hall–Kier alpha value is -4.74. The predicted octanol–water partition coefficient (Wildman–Crippen LogP) is 2.31. The highest BCUT2D eigenvalue weighted by Crippen LogP contribution is 2.15. The zero-order chi connectivity index (χ0) is 35.3. The van der Waals surface area contributed by atoms with E-state index in [1.807, 2.05) is 44.2 Å². The van der Waals surface area contributed by atoms with Crippen LogP contribution in [0.2, 0.25) is 0 Å². The number of nitrogens with one attached hydrogen (secondary N) is 4. The quantitative estimate of drug-likeness (QED) is 0.331. The van der Waals surface area contributed by atoms with E-state index >= 15 is 0 Å². The van der Waals surface area contributed by atoms with Gasteiger partial charge in [-0.25, -0.2) is 0 Å². The van der Waals surface area contributed by atoms with E-state index in [4.69, 9.17) is 0 Å². The fraction of sp³-hybridized carbons (Fsp3) is 0.514. The topological polar surface area (TPSA) is 157 Å². The number of carbonyl (C=O) groups is 6. The largest absolute Gasteiger partial charge is 0.354 e. The van der Waals surface area contributed by atoms with Crippen LogP contribution in [0.3, 0.4) is 0 Å². The lowest BCUT2D eigenvalue weighted by molar-refractivity contribution is -0.133. The molecule has 2 aromatic rings. The Morgan fingerprint density at radius 1 is 0.816 bits per heavy atom. The molecule has 0 saturated carbocycles. The molecule has 3 aliphatic rings. The second-order valence-electron chi connectivity index (χ2n) is 13.4. The maximum atomic E-state index is 13.7. The molecule has 264 valence electrons. The number of rotatable bonds is 7. The van der Waals surface area contributed by atoms with Crippen molar-refractivity contribution < 1.29 is 28.8 Å². The molecule has 1 fully saturated rings. The highest BCUT2D eigenvalue weighted by molar-refractivity contribution is 5.99. The first-order valence-corrected chi connectivity index (χ1v) is 17.4. The summed E-state index contributed by atoms with van der Waals surface area (Å²) in [5, 5.41) is 11.3. The fourth-order valence-corrected chi connectivity index (χ4v) is 6.05. The van der Waals surface area contributed by atoms with Crippen LogP contribution in [-0.2, 0) is 36.9 Å². The summed E-state index contributed by atoms with van der Waals surface area (Å²) in [4.78, 5) is 82.4. The normalized spacial score (nSPS) is 21.9. The van der Waals surface area contributed by atoms with Crippen molar-refractivity contribution in [3.05, 3.63) is 71.3 Å². The minimum Gasteiger partial charge on any atom is -0.354 e. The molecule has 0 spiro atoms. The first kappa shape index (κ1) is 37.1. The van der Waals surface area contributed by atoms with Gasteiger partial charge in [0.2, 0.25) is 29.5 Å². The van der Waals surface area contributed by atoms with Crippen LogP contribution in [0, 0.1) is 5.92 Å². The summed E-state index contributed by atoms with van der Waals surface area (Å²) < 4.78 is 0. The van der Waals surface area contributed by atoms with Crippen LogP contribution in [0.15, 0.2) is 54.6 Å². The SMILES string of the molecule is CC(C)C[C@@H]1NC(=O)[C@@H](Cc2ccccc2)NC(=O)c2ccc(cc2)CN(C(=O)CCN2CCCC2=O)CCCCNC(=O)[C@@H](C)NC1=O. The Morgan fingerprint density at radius 3 is 2.20 bits per heavy atom. The van der Waals surface area contributed by atoms with Gasteiger partial charge in [-0.05, 0) is 61.8 Å². The molecule has 12 heteroatoms. The van der Waals surface area contributed by atoms with Crippen molar-refractivity contribution in [3.63, 3.8) is 0 Å². The highest BCUT2D eigenvalue weighted by atomic mass is 16.2. The summed E-state index contributed by atoms with van der Waals surface area (Å²) in [5.74, 6) is -1.75. The van der Waals surface area contributed by atoms with Gasteiger partial charge >= 0.3 is 0 Å². The third kappa shape index (κ3) is 11.4. The van der Waals surface area contributed by atoms with E-state index in [0.29, 0.717) is 64.0 Å². The molecule has 0 unspecified atom stereocenters. The maximum Gasteiger partial charge on any atom is 0.251 e. The van der Waals surface area contributed by atoms with Crippen molar-refractivity contribution in [1.29, 1.82) is 0 Å². The summed E-state index contributed by atoms with van der Waals surface area (Å²) in [6.07, 6.45) is 3.30. The Bertz CT molecular complexity index is 1460. The minimum absolute atomic E-state index is 0.0597. The lowest BCUT2D eigenvalue weighted by atomic mass is 10.0. The number of hydrogen-bond acceptors (Lipinski definition) is 6. The Morgan fingerprint density at radius 2 is 1.53 bits per heavy atom. The summed E-state index contributed by atoms with van der Waals surface area (Å²) in [5.41, 5.74) is 2.01. The van der Waals surface area contributed by atoms with Crippen LogP contribution in [0.25, 0.3) is 0 Å². The maximum absolute atomic E-state index is 13.7. The van der Waals surface area contributed by atoms with Gasteiger partial charge in [0, 0.05) is 57.5 Å². The lowest BCUT2D eigenvalue weighted by Gasteiger charge is -2.25. The van der Waals surface area contributed by atoms with E-state index in [2.05, 4.69) is 21.3 Å². The van der Waals surface area contributed by atoms with E-state index in [9.17, 15) is 28.8 Å². The molecule has 2 aromatic carbocycles. The summed E-state index contributed by atoms with van der Waals surface area (Å²) in [6, 6.07) is 13.5. The molecule has 5 rings (SSSR count). The number of benzene rings is 2. The van der Waals surface area contributed by atoms with Crippen molar-refractivity contribution >= 4 is 35.4 Å². The van der Waals surface area contributed by atoms with Crippen LogP contribution in [-0.4, -0.2) is 89.5 Å². The molecule has 3 heterocycles. The van der Waals surface area contributed by atoms with Crippen molar-refractivity contribution in [2.45, 2.75) is 90.4 Å². The second-order valence-corrected chi connectivity index (χ2v) is 13.4. The summed E-state index contributed by atoms with van der Waals surface area (Å²) in [6.45, 7) is 7.63. The molecule has 12 nitrogen and oxygen atoms in total. The fourth-order valence-electron chi connectivity index (χ4n) is 6.05. The predicted molar refractivity (Wildman–Crippen MR) is 185 cm³/mol. The van der Waals surface area contributed by atoms with Crippen LogP contribution >= 0.6 is 0 Å². The minimum atomic E-state index is -0.984. The number of amides is 6. The average Bonchev–Trinajstić information content (AvgIpc) is 3.49. The Labute approximate surface area is 288 Å². The number of nitrogens with zero attached hydrogens (tertiary/aromatic N) is 2. The van der Waals surface area contributed by atoms with Gasteiger partial charge in [-0.15, -0.1) is 0 Å². The van der Waals surface area contributed by atoms with Crippen molar-refractivity contribution in [3.8, 4) is 0 Å². The van der Waals surface area contributed by atoms with Crippen LogP contribution in [0.4, 0.5) is 0 Å². The second kappa shape index (κ2) is 18.1. The molecular formula is C37H50N6O6. The number of fused-ring (bicyclic) bond motifs is 18. The Kier molecular flexibility index (Phi) is 13.7. The van der Waals surface area contributed by atoms with E-state index < -0.39 is 35.8 Å². The number of hydrogen-bond donors (Lipinski definition) is 4. The van der Waals surface area contributed by atoms with Crippen molar-refractivity contribution in [2.75, 3.05) is 26.2 Å². The lowest BCUT2D eigenvalue weighted by Crippen LogP contribution is -2.57. The molecule has 3 aliphatic heterocycles. The van der Waals surface area contributed by atoms with Gasteiger partial charge in [0.1, 0.15) is 18.1 Å². The molecule has 2 bridgehead atoms. The third-order valence-corrected chi connectivity index (χ3v) is 8.86. The van der Waals surface area contributed by atoms with Crippen LogP contribution in [0.1, 0.15) is 80.8 Å². The molecule has 6 amide bonds. The summed E-state index contributed by atoms with van der Waals surface area (Å²) in [7, 11) is 0. The van der Waals surface area contributed by atoms with E-state index in [1.54, 1.807) is 41.0 Å². The van der Waals surface area contributed by atoms with Crippen molar-refractivity contribution in [1.82, 2.24) is 31.1 Å². The average molecular weight is 675 g/mol. The van der Waals surface area contributed by atoms with Gasteiger partial charge in [0.15, 0.2) is 0 Å². The van der Waals surface area contributed by atoms with Gasteiger partial charge in [-0.3, -0.25) is 28.8 Å². The van der Waals surface area contributed by atoms with Gasteiger partial charge in [0.05, 0.1) is 0 Å². The van der Waals surface area contributed by atoms with E-state index in [0.717, 1.165) is 17.5 Å². The molecule has 49 heavy (non-hydrogen) atoms. The highest BCUT2D eigenvalue weighted by Gasteiger charge is 2.30. The molecule has 0 aliphatic carbocycles. The van der Waals surface area contributed by atoms with Gasteiger partial charge in [-0.2, -0.15) is 0 Å². The van der Waals surface area contributed by atoms with Gasteiger partial charge in [-0.1, -0.05) is 56.3 Å². The molecule has 4 N–H and O–H groups in total. The van der Waals surface area contributed by atoms with Crippen molar-refractivity contribution in [2.24, 2.45) is 5.92 Å². The molecule has 0 radical (unpaired) electrons. The first-order chi connectivity index (χ1) is 23.5. The molecule has 3 atom stereocenters. The number of likely N-dealkylation sites (tertiary alicyclic amines) is 1. The van der Waals surface area contributed by atoms with E-state index in [1.165, 1.54) is 0 Å². The Balaban J connectivity index is 1.56. The number of carbonyl (C=O) groups excluding carboxylic acids is 6. The monoisotopic (exact) mass is 674 g/mol. The third-order valence-electron chi connectivity index (χ3n) is 8.86. The van der Waals surface area contributed by atoms with E-state index in [-0.39, 0.29) is 36.5 Å². The zero-order valence-electron chi connectivity index (χ0n) is 28.8. The smallest absolute Gasteiger partial charge is 0.251 e.